The van der Waals surface area contributed by atoms with Crippen molar-refractivity contribution >= 4 is 27.2 Å². The molecule has 0 heterocycles. The average Bonchev–Trinajstić information content (AvgIpc) is 2.99. The van der Waals surface area contributed by atoms with Crippen molar-refractivity contribution in [1.82, 2.24) is 0 Å². The monoisotopic (exact) mass is 676 g/mol. The first-order valence-electron chi connectivity index (χ1n) is 17.8. The Bertz CT molecular complexity index is 1170. The van der Waals surface area contributed by atoms with E-state index in [4.69, 9.17) is 4.43 Å². The minimum Gasteiger partial charge on any atom is -0.539 e. The number of hydrogen-bond acceptors (Lipinski definition) is 1. The van der Waals surface area contributed by atoms with Gasteiger partial charge in [-0.05, 0) is 17.6 Å². The van der Waals surface area contributed by atoms with Crippen LogP contribution in [0.5, 0.6) is 5.75 Å². The van der Waals surface area contributed by atoms with E-state index in [0.717, 1.165) is 57.8 Å². The molecule has 45 heavy (non-hydrogen) atoms. The lowest BCUT2D eigenvalue weighted by Gasteiger charge is -2.36. The van der Waals surface area contributed by atoms with Gasteiger partial charge in [0.25, 0.3) is 8.32 Å². The molecule has 258 valence electrons. The molecule has 0 aromatic heterocycles. The summed E-state index contributed by atoms with van der Waals surface area (Å²) >= 11 is 0. The Morgan fingerprint density at radius 2 is 1.00 bits per heavy atom. The molecule has 0 amide bonds. The zero-order chi connectivity index (χ0) is 33.6. The number of rotatable bonds is 23. The van der Waals surface area contributed by atoms with Crippen LogP contribution in [0.4, 0.5) is 26.3 Å². The maximum atomic E-state index is 15.8. The smallest absolute Gasteiger partial charge is 0.254 e. The second-order valence-electron chi connectivity index (χ2n) is 13.7. The molecule has 1 atom stereocenters. The number of benzene rings is 2. The third-order valence-electron chi connectivity index (χ3n) is 9.91. The fraction of sp³-hybridized carbons (Fsp3) is 0.722. The van der Waals surface area contributed by atoms with E-state index in [9.17, 15) is 13.2 Å². The zero-order valence-electron chi connectivity index (χ0n) is 28.8. The van der Waals surface area contributed by atoms with Crippen LogP contribution in [0.2, 0.25) is 41.8 Å². The molecular formula is C36H58F6OSi2. The van der Waals surface area contributed by atoms with Gasteiger partial charge in [-0.3, -0.25) is 0 Å². The van der Waals surface area contributed by atoms with Gasteiger partial charge in [-0.25, -0.2) is 22.0 Å². The highest BCUT2D eigenvalue weighted by atomic mass is 28.4. The molecule has 2 aromatic rings. The predicted molar refractivity (Wildman–Crippen MR) is 182 cm³/mol. The molecule has 0 bridgehead atoms. The van der Waals surface area contributed by atoms with Crippen LogP contribution in [0, 0.1) is 34.9 Å². The first-order valence-corrected chi connectivity index (χ1v) is 23.0. The van der Waals surface area contributed by atoms with Crippen LogP contribution < -0.4 is 4.43 Å². The van der Waals surface area contributed by atoms with E-state index in [1.807, 2.05) is 13.8 Å². The Hall–Kier alpha value is -1.49. The summed E-state index contributed by atoms with van der Waals surface area (Å²) in [4.78, 5) is 0. The number of halogens is 6. The highest BCUT2D eigenvalue weighted by Crippen LogP contribution is 2.42. The second kappa shape index (κ2) is 19.4. The van der Waals surface area contributed by atoms with Crippen LogP contribution in [0.3, 0.4) is 0 Å². The van der Waals surface area contributed by atoms with Gasteiger partial charge in [0.1, 0.15) is 5.82 Å². The normalized spacial score (nSPS) is 13.6. The van der Waals surface area contributed by atoms with Crippen LogP contribution in [0.25, 0.3) is 10.8 Å². The predicted octanol–water partition coefficient (Wildman–Crippen LogP) is 14.0. The van der Waals surface area contributed by atoms with Crippen molar-refractivity contribution in [3.8, 4) is 5.75 Å². The summed E-state index contributed by atoms with van der Waals surface area (Å²) in [5.74, 6) is -11.0. The maximum Gasteiger partial charge on any atom is 0.254 e. The van der Waals surface area contributed by atoms with Crippen LogP contribution in [-0.4, -0.2) is 16.4 Å². The SMILES string of the molecule is CCCCCCCC[Si](CCCCCC[Si](CCC)(CCC)CCC)(Oc1c(F)c(F)c2c(F)cc(F)c(F)c2c1F)C(C)C. The van der Waals surface area contributed by atoms with Crippen molar-refractivity contribution in [1.29, 1.82) is 0 Å². The lowest BCUT2D eigenvalue weighted by atomic mass is 10.1. The minimum atomic E-state index is -2.98. The topological polar surface area (TPSA) is 9.23 Å². The molecule has 0 N–H and O–H groups in total. The highest BCUT2D eigenvalue weighted by molar-refractivity contribution is 6.79. The van der Waals surface area contributed by atoms with Gasteiger partial charge >= 0.3 is 0 Å². The van der Waals surface area contributed by atoms with Gasteiger partial charge in [0, 0.05) is 6.07 Å². The minimum absolute atomic E-state index is 0.0708. The van der Waals surface area contributed by atoms with Gasteiger partial charge in [0.15, 0.2) is 29.0 Å². The highest BCUT2D eigenvalue weighted by Gasteiger charge is 2.42. The summed E-state index contributed by atoms with van der Waals surface area (Å²) in [6.07, 6.45) is 14.0. The Kier molecular flexibility index (Phi) is 17.1. The fourth-order valence-corrected chi connectivity index (χ4v) is 17.3. The van der Waals surface area contributed by atoms with Crippen LogP contribution in [0.1, 0.15) is 125 Å². The molecule has 2 aromatic carbocycles. The largest absolute Gasteiger partial charge is 0.539 e. The Labute approximate surface area is 271 Å². The van der Waals surface area contributed by atoms with Gasteiger partial charge in [0.2, 0.25) is 5.82 Å². The van der Waals surface area contributed by atoms with Crippen molar-refractivity contribution in [2.75, 3.05) is 0 Å². The lowest BCUT2D eigenvalue weighted by Crippen LogP contribution is -2.45. The second-order valence-corrected chi connectivity index (χ2v) is 23.2. The standard InChI is InChI=1S/C36H58F6OSi2/c1-7-11-12-13-14-18-24-45(27(5)6,25-19-16-15-17-23-44(20-8-2,21-9-3)22-10-4)43-36-34(41)31-30(33(40)35(36)42)28(37)26-29(38)32(31)39/h26-27H,7-25H2,1-6H3. The third-order valence-corrected chi connectivity index (χ3v) is 21.1. The molecule has 0 saturated carbocycles. The summed E-state index contributed by atoms with van der Waals surface area (Å²) in [7, 11) is -4.25. The third kappa shape index (κ3) is 10.5. The Morgan fingerprint density at radius 1 is 0.511 bits per heavy atom. The summed E-state index contributed by atoms with van der Waals surface area (Å²) in [6.45, 7) is 13.0. The van der Waals surface area contributed by atoms with Gasteiger partial charge in [-0.1, -0.05) is 149 Å². The summed E-state index contributed by atoms with van der Waals surface area (Å²) < 4.78 is 95.8. The lowest BCUT2D eigenvalue weighted by molar-refractivity contribution is 0.404. The van der Waals surface area contributed by atoms with Gasteiger partial charge < -0.3 is 4.43 Å². The summed E-state index contributed by atoms with van der Waals surface area (Å²) in [5.41, 5.74) is -0.0708. The Morgan fingerprint density at radius 3 is 1.49 bits per heavy atom. The van der Waals surface area contributed by atoms with E-state index in [1.54, 1.807) is 0 Å². The van der Waals surface area contributed by atoms with Crippen molar-refractivity contribution in [2.24, 2.45) is 0 Å². The fourth-order valence-electron chi connectivity index (χ4n) is 7.47. The molecule has 0 aliphatic carbocycles. The van der Waals surface area contributed by atoms with Crippen LogP contribution in [0.15, 0.2) is 6.07 Å². The van der Waals surface area contributed by atoms with E-state index < -0.39 is 67.8 Å². The van der Waals surface area contributed by atoms with Crippen molar-refractivity contribution < 1.29 is 30.8 Å². The van der Waals surface area contributed by atoms with E-state index >= 15 is 13.2 Å². The molecule has 0 aliphatic heterocycles. The average molecular weight is 677 g/mol. The molecule has 1 unspecified atom stereocenters. The van der Waals surface area contributed by atoms with Gasteiger partial charge in [-0.2, -0.15) is 4.39 Å². The van der Waals surface area contributed by atoms with Gasteiger partial charge in [-0.15, -0.1) is 0 Å². The first kappa shape index (κ1) is 39.7. The first-order chi connectivity index (χ1) is 21.4. The van der Waals surface area contributed by atoms with E-state index in [2.05, 4.69) is 27.7 Å². The molecule has 1 nitrogen and oxygen atoms in total. The van der Waals surface area contributed by atoms with Crippen molar-refractivity contribution in [2.45, 2.75) is 167 Å². The molecule has 0 radical (unpaired) electrons. The van der Waals surface area contributed by atoms with E-state index in [1.165, 1.54) is 49.9 Å². The number of fused-ring (bicyclic) bond motifs is 1. The maximum absolute atomic E-state index is 15.8. The zero-order valence-corrected chi connectivity index (χ0v) is 30.8. The van der Waals surface area contributed by atoms with Crippen LogP contribution >= 0.6 is 0 Å². The van der Waals surface area contributed by atoms with Crippen LogP contribution in [-0.2, 0) is 0 Å². The van der Waals surface area contributed by atoms with E-state index in [0.29, 0.717) is 12.1 Å². The number of hydrogen-bond donors (Lipinski definition) is 0. The molecule has 0 spiro atoms. The summed E-state index contributed by atoms with van der Waals surface area (Å²) in [5, 5.41) is -2.48. The molecule has 0 aliphatic rings. The molecule has 0 saturated heterocycles. The number of unbranched alkanes of at least 4 members (excludes halogenated alkanes) is 8. The van der Waals surface area contributed by atoms with Crippen molar-refractivity contribution in [3.05, 3.63) is 41.0 Å². The molecule has 9 heteroatoms. The molecule has 0 fully saturated rings. The van der Waals surface area contributed by atoms with Gasteiger partial charge in [0.05, 0.1) is 18.8 Å². The van der Waals surface area contributed by atoms with Crippen molar-refractivity contribution in [3.63, 3.8) is 0 Å². The quantitative estimate of drug-likeness (QED) is 0.0493. The summed E-state index contributed by atoms with van der Waals surface area (Å²) in [6, 6.07) is 6.85. The van der Waals surface area contributed by atoms with E-state index in [-0.39, 0.29) is 11.6 Å². The molecule has 2 rings (SSSR count). The molecular weight excluding hydrogens is 619 g/mol. The Balaban J connectivity index is 2.33.